The van der Waals surface area contributed by atoms with Gasteiger partial charge in [-0.15, -0.1) is 0 Å². The van der Waals surface area contributed by atoms with Gasteiger partial charge in [0.05, 0.1) is 12.3 Å². The predicted octanol–water partition coefficient (Wildman–Crippen LogP) is 0.523. The van der Waals surface area contributed by atoms with Gasteiger partial charge in [-0.2, -0.15) is 0 Å². The SMILES string of the molecule is CNC(=O)Cc1ccc(NC(=O)C2CCNC2)cc1. The van der Waals surface area contributed by atoms with Gasteiger partial charge in [0.1, 0.15) is 0 Å². The number of carbonyl (C=O) groups is 2. The van der Waals surface area contributed by atoms with Crippen LogP contribution in [0.5, 0.6) is 0 Å². The first-order valence-electron chi connectivity index (χ1n) is 6.50. The lowest BCUT2D eigenvalue weighted by Gasteiger charge is -2.10. The van der Waals surface area contributed by atoms with Crippen LogP contribution in [0.3, 0.4) is 0 Å². The van der Waals surface area contributed by atoms with Crippen molar-refractivity contribution in [2.24, 2.45) is 5.92 Å². The number of likely N-dealkylation sites (N-methyl/N-ethyl adjacent to an activating group) is 1. The Morgan fingerprint density at radius 3 is 2.63 bits per heavy atom. The Kier molecular flexibility index (Phi) is 4.52. The van der Waals surface area contributed by atoms with Crippen LogP contribution in [0, 0.1) is 5.92 Å². The first kappa shape index (κ1) is 13.5. The molecule has 1 saturated heterocycles. The molecule has 1 fully saturated rings. The Bertz CT molecular complexity index is 450. The lowest BCUT2D eigenvalue weighted by atomic mass is 10.1. The number of nitrogens with one attached hydrogen (secondary N) is 3. The van der Waals surface area contributed by atoms with Gasteiger partial charge in [-0.1, -0.05) is 12.1 Å². The predicted molar refractivity (Wildman–Crippen MR) is 73.8 cm³/mol. The van der Waals surface area contributed by atoms with Crippen LogP contribution in [0.1, 0.15) is 12.0 Å². The van der Waals surface area contributed by atoms with Crippen LogP contribution in [-0.2, 0) is 16.0 Å². The molecule has 3 N–H and O–H groups in total. The second-order valence-electron chi connectivity index (χ2n) is 4.73. The van der Waals surface area contributed by atoms with Crippen molar-refractivity contribution >= 4 is 17.5 Å². The maximum atomic E-state index is 11.9. The van der Waals surface area contributed by atoms with Crippen LogP contribution in [0.25, 0.3) is 0 Å². The number of rotatable bonds is 4. The van der Waals surface area contributed by atoms with Gasteiger partial charge < -0.3 is 16.0 Å². The molecule has 2 amide bonds. The second-order valence-corrected chi connectivity index (χ2v) is 4.73. The molecule has 0 bridgehead atoms. The van der Waals surface area contributed by atoms with Crippen LogP contribution in [-0.4, -0.2) is 32.0 Å². The highest BCUT2D eigenvalue weighted by Gasteiger charge is 2.22. The van der Waals surface area contributed by atoms with Crippen LogP contribution in [0.4, 0.5) is 5.69 Å². The fourth-order valence-corrected chi connectivity index (χ4v) is 2.10. The fraction of sp³-hybridized carbons (Fsp3) is 0.429. The van der Waals surface area contributed by atoms with E-state index in [4.69, 9.17) is 0 Å². The Balaban J connectivity index is 1.91. The smallest absolute Gasteiger partial charge is 0.228 e. The molecule has 1 aliphatic heterocycles. The fourth-order valence-electron chi connectivity index (χ4n) is 2.10. The maximum Gasteiger partial charge on any atom is 0.228 e. The highest BCUT2D eigenvalue weighted by molar-refractivity contribution is 5.93. The van der Waals surface area contributed by atoms with Crippen molar-refractivity contribution in [2.75, 3.05) is 25.5 Å². The van der Waals surface area contributed by atoms with Gasteiger partial charge in [0, 0.05) is 19.3 Å². The minimum atomic E-state index is -0.0196. The Labute approximate surface area is 112 Å². The summed E-state index contributed by atoms with van der Waals surface area (Å²) in [5.41, 5.74) is 1.71. The first-order valence-corrected chi connectivity index (χ1v) is 6.50. The summed E-state index contributed by atoms with van der Waals surface area (Å²) in [7, 11) is 1.62. The molecule has 5 nitrogen and oxygen atoms in total. The second kappa shape index (κ2) is 6.33. The van der Waals surface area contributed by atoms with E-state index in [0.29, 0.717) is 6.42 Å². The normalized spacial score (nSPS) is 18.1. The summed E-state index contributed by atoms with van der Waals surface area (Å²) >= 11 is 0. The van der Waals surface area contributed by atoms with Gasteiger partial charge in [0.15, 0.2) is 0 Å². The molecule has 1 unspecified atom stereocenters. The van der Waals surface area contributed by atoms with E-state index in [-0.39, 0.29) is 17.7 Å². The van der Waals surface area contributed by atoms with Gasteiger partial charge in [-0.05, 0) is 30.7 Å². The Morgan fingerprint density at radius 1 is 1.32 bits per heavy atom. The van der Waals surface area contributed by atoms with E-state index in [1.165, 1.54) is 0 Å². The Morgan fingerprint density at radius 2 is 2.05 bits per heavy atom. The van der Waals surface area contributed by atoms with Gasteiger partial charge in [-0.25, -0.2) is 0 Å². The van der Waals surface area contributed by atoms with Crippen molar-refractivity contribution in [3.63, 3.8) is 0 Å². The lowest BCUT2D eigenvalue weighted by molar-refractivity contribution is -0.120. The molecule has 2 rings (SSSR count). The summed E-state index contributed by atoms with van der Waals surface area (Å²) in [6.07, 6.45) is 1.25. The molecule has 0 radical (unpaired) electrons. The van der Waals surface area contributed by atoms with Crippen molar-refractivity contribution < 1.29 is 9.59 Å². The van der Waals surface area contributed by atoms with Crippen LogP contribution in [0.2, 0.25) is 0 Å². The number of hydrogen-bond acceptors (Lipinski definition) is 3. The average molecular weight is 261 g/mol. The summed E-state index contributed by atoms with van der Waals surface area (Å²) < 4.78 is 0. The highest BCUT2D eigenvalue weighted by Crippen LogP contribution is 2.14. The third kappa shape index (κ3) is 3.79. The highest BCUT2D eigenvalue weighted by atomic mass is 16.2. The molecular weight excluding hydrogens is 242 g/mol. The number of amides is 2. The quantitative estimate of drug-likeness (QED) is 0.740. The van der Waals surface area contributed by atoms with Crippen molar-refractivity contribution in [3.05, 3.63) is 29.8 Å². The van der Waals surface area contributed by atoms with E-state index >= 15 is 0 Å². The van der Waals surface area contributed by atoms with Gasteiger partial charge in [0.2, 0.25) is 11.8 Å². The molecule has 1 atom stereocenters. The molecule has 0 aromatic heterocycles. The van der Waals surface area contributed by atoms with E-state index in [9.17, 15) is 9.59 Å². The number of benzene rings is 1. The van der Waals surface area contributed by atoms with E-state index < -0.39 is 0 Å². The summed E-state index contributed by atoms with van der Waals surface area (Å²) in [6, 6.07) is 7.38. The molecule has 0 spiro atoms. The van der Waals surface area contributed by atoms with Gasteiger partial charge in [-0.3, -0.25) is 9.59 Å². The first-order chi connectivity index (χ1) is 9.19. The van der Waals surface area contributed by atoms with Gasteiger partial charge >= 0.3 is 0 Å². The summed E-state index contributed by atoms with van der Waals surface area (Å²) in [6.45, 7) is 1.66. The number of anilines is 1. The third-order valence-corrected chi connectivity index (χ3v) is 3.30. The number of carbonyl (C=O) groups excluding carboxylic acids is 2. The van der Waals surface area contributed by atoms with Gasteiger partial charge in [0.25, 0.3) is 0 Å². The van der Waals surface area contributed by atoms with Crippen molar-refractivity contribution in [3.8, 4) is 0 Å². The standard InChI is InChI=1S/C14H19N3O2/c1-15-13(18)8-10-2-4-12(5-3-10)17-14(19)11-6-7-16-9-11/h2-5,11,16H,6-9H2,1H3,(H,15,18)(H,17,19). The van der Waals surface area contributed by atoms with Crippen LogP contribution in [0.15, 0.2) is 24.3 Å². The Hall–Kier alpha value is -1.88. The van der Waals surface area contributed by atoms with E-state index in [1.54, 1.807) is 7.05 Å². The minimum Gasteiger partial charge on any atom is -0.359 e. The molecule has 1 aromatic carbocycles. The third-order valence-electron chi connectivity index (χ3n) is 3.30. The summed E-state index contributed by atoms with van der Waals surface area (Å²) in [5.74, 6) is 0.100. The zero-order valence-corrected chi connectivity index (χ0v) is 11.0. The zero-order chi connectivity index (χ0) is 13.7. The molecule has 1 aromatic rings. The summed E-state index contributed by atoms with van der Waals surface area (Å²) in [4.78, 5) is 23.1. The largest absolute Gasteiger partial charge is 0.359 e. The average Bonchev–Trinajstić information content (AvgIpc) is 2.95. The number of hydrogen-bond donors (Lipinski definition) is 3. The topological polar surface area (TPSA) is 70.2 Å². The van der Waals surface area contributed by atoms with Crippen molar-refractivity contribution in [2.45, 2.75) is 12.8 Å². The molecular formula is C14H19N3O2. The molecule has 102 valence electrons. The molecule has 0 aliphatic carbocycles. The molecule has 5 heteroatoms. The van der Waals surface area contributed by atoms with Crippen molar-refractivity contribution in [1.82, 2.24) is 10.6 Å². The molecule has 19 heavy (non-hydrogen) atoms. The lowest BCUT2D eigenvalue weighted by Crippen LogP contribution is -2.24. The minimum absolute atomic E-state index is 0.0196. The molecule has 1 aliphatic rings. The van der Waals surface area contributed by atoms with E-state index in [2.05, 4.69) is 16.0 Å². The monoisotopic (exact) mass is 261 g/mol. The zero-order valence-electron chi connectivity index (χ0n) is 11.0. The van der Waals surface area contributed by atoms with Crippen molar-refractivity contribution in [1.29, 1.82) is 0 Å². The summed E-state index contributed by atoms with van der Waals surface area (Å²) in [5, 5.41) is 8.65. The maximum absolute atomic E-state index is 11.9. The van der Waals surface area contributed by atoms with Crippen LogP contribution < -0.4 is 16.0 Å². The molecule has 0 saturated carbocycles. The van der Waals surface area contributed by atoms with Crippen LogP contribution >= 0.6 is 0 Å². The molecule has 1 heterocycles. The van der Waals surface area contributed by atoms with E-state index in [0.717, 1.165) is 30.8 Å². The van der Waals surface area contributed by atoms with E-state index in [1.807, 2.05) is 24.3 Å².